The lowest BCUT2D eigenvalue weighted by Crippen LogP contribution is -2.50. The highest BCUT2D eigenvalue weighted by Gasteiger charge is 2.36. The number of methoxy groups -OCH3 is 1. The monoisotopic (exact) mass is 425 g/mol. The molecular weight excluding hydrogens is 402 g/mol. The van der Waals surface area contributed by atoms with E-state index in [1.165, 1.54) is 23.8 Å². The molecule has 2 aliphatic rings. The Morgan fingerprint density at radius 1 is 1.07 bits per heavy atom. The smallest absolute Gasteiger partial charge is 0.294 e. The van der Waals surface area contributed by atoms with Gasteiger partial charge in [0.05, 0.1) is 18.7 Å². The van der Waals surface area contributed by atoms with Crippen LogP contribution in [0.25, 0.3) is 6.08 Å². The van der Waals surface area contributed by atoms with E-state index >= 15 is 0 Å². The van der Waals surface area contributed by atoms with Gasteiger partial charge >= 0.3 is 0 Å². The van der Waals surface area contributed by atoms with Gasteiger partial charge in [-0.1, -0.05) is 24.3 Å². The summed E-state index contributed by atoms with van der Waals surface area (Å²) >= 11 is 0.938. The van der Waals surface area contributed by atoms with Crippen molar-refractivity contribution in [3.8, 4) is 11.5 Å². The number of hydrogen-bond acceptors (Lipinski definition) is 7. The van der Waals surface area contributed by atoms with Crippen LogP contribution in [-0.4, -0.2) is 66.0 Å². The minimum atomic E-state index is -0.289. The Morgan fingerprint density at radius 3 is 2.50 bits per heavy atom. The zero-order valence-electron chi connectivity index (χ0n) is 16.7. The molecule has 2 aromatic carbocycles. The molecule has 2 fully saturated rings. The predicted molar refractivity (Wildman–Crippen MR) is 118 cm³/mol. The lowest BCUT2D eigenvalue weighted by molar-refractivity contribution is -0.124. The first-order chi connectivity index (χ1) is 14.5. The van der Waals surface area contributed by atoms with Crippen LogP contribution in [0.4, 0.5) is 10.5 Å². The zero-order valence-corrected chi connectivity index (χ0v) is 17.5. The maximum Gasteiger partial charge on any atom is 0.294 e. The highest BCUT2D eigenvalue weighted by atomic mass is 32.2. The van der Waals surface area contributed by atoms with Crippen LogP contribution in [0.1, 0.15) is 5.56 Å². The first-order valence-corrected chi connectivity index (χ1v) is 10.5. The average molecular weight is 426 g/mol. The van der Waals surface area contributed by atoms with E-state index in [1.54, 1.807) is 18.2 Å². The number of ether oxygens (including phenoxy) is 1. The molecule has 0 radical (unpaired) electrons. The molecule has 8 heteroatoms. The Labute approximate surface area is 179 Å². The van der Waals surface area contributed by atoms with E-state index in [-0.39, 0.29) is 16.9 Å². The van der Waals surface area contributed by atoms with Gasteiger partial charge in [-0.25, -0.2) is 0 Å². The summed E-state index contributed by atoms with van der Waals surface area (Å²) in [7, 11) is 1.46. The van der Waals surface area contributed by atoms with E-state index < -0.39 is 0 Å². The van der Waals surface area contributed by atoms with Gasteiger partial charge in [0.2, 0.25) is 0 Å². The van der Waals surface area contributed by atoms with Gasteiger partial charge in [0.1, 0.15) is 0 Å². The molecule has 4 rings (SSSR count). The van der Waals surface area contributed by atoms with Crippen LogP contribution in [0.2, 0.25) is 0 Å². The number of phenols is 1. The second-order valence-corrected chi connectivity index (χ2v) is 8.12. The Morgan fingerprint density at radius 2 is 1.80 bits per heavy atom. The second kappa shape index (κ2) is 8.81. The van der Waals surface area contributed by atoms with Crippen molar-refractivity contribution in [1.29, 1.82) is 0 Å². The topological polar surface area (TPSA) is 73.3 Å². The number of nitrogens with zero attached hydrogens (tertiary/aromatic N) is 3. The van der Waals surface area contributed by atoms with Gasteiger partial charge in [-0.2, -0.15) is 0 Å². The van der Waals surface area contributed by atoms with Gasteiger partial charge in [0.25, 0.3) is 11.1 Å². The van der Waals surface area contributed by atoms with Gasteiger partial charge < -0.3 is 14.7 Å². The molecule has 0 aromatic heterocycles. The van der Waals surface area contributed by atoms with Crippen LogP contribution in [-0.2, 0) is 4.79 Å². The molecule has 0 bridgehead atoms. The van der Waals surface area contributed by atoms with Crippen molar-refractivity contribution < 1.29 is 19.4 Å². The standard InChI is InChI=1S/C22H23N3O4S/c1-29-19-13-16(7-8-18(19)26)14-20-21(27)25(22(28)30-20)15-23-9-11-24(12-10-23)17-5-3-2-4-6-17/h2-8,13-14,26H,9-12,15H2,1H3/b20-14+. The van der Waals surface area contributed by atoms with Crippen LogP contribution in [0.15, 0.2) is 53.4 Å². The van der Waals surface area contributed by atoms with Gasteiger partial charge in [0.15, 0.2) is 11.5 Å². The first-order valence-electron chi connectivity index (χ1n) is 9.70. The van der Waals surface area contributed by atoms with Crippen molar-refractivity contribution in [2.24, 2.45) is 0 Å². The summed E-state index contributed by atoms with van der Waals surface area (Å²) in [4.78, 5) is 31.4. The number of phenolic OH excluding ortho intramolecular Hbond substituents is 1. The molecule has 30 heavy (non-hydrogen) atoms. The molecular formula is C22H23N3O4S. The van der Waals surface area contributed by atoms with Crippen molar-refractivity contribution in [1.82, 2.24) is 9.80 Å². The van der Waals surface area contributed by atoms with Crippen LogP contribution in [0, 0.1) is 0 Å². The zero-order chi connectivity index (χ0) is 21.1. The Balaban J connectivity index is 1.39. The number of aromatic hydroxyl groups is 1. The molecule has 0 saturated carbocycles. The van der Waals surface area contributed by atoms with Gasteiger partial charge in [-0.15, -0.1) is 0 Å². The van der Waals surface area contributed by atoms with Gasteiger partial charge in [-0.05, 0) is 47.7 Å². The number of amides is 2. The van der Waals surface area contributed by atoms with E-state index in [9.17, 15) is 14.7 Å². The summed E-state index contributed by atoms with van der Waals surface area (Å²) in [5.74, 6) is 0.0548. The minimum Gasteiger partial charge on any atom is -0.504 e. The quantitative estimate of drug-likeness (QED) is 0.738. The van der Waals surface area contributed by atoms with E-state index in [4.69, 9.17) is 4.74 Å². The number of carbonyl (C=O) groups is 2. The van der Waals surface area contributed by atoms with E-state index in [0.717, 1.165) is 37.9 Å². The Hall–Kier alpha value is -2.97. The summed E-state index contributed by atoms with van der Waals surface area (Å²) in [6.45, 7) is 3.56. The highest BCUT2D eigenvalue weighted by Crippen LogP contribution is 2.34. The van der Waals surface area contributed by atoms with Crippen molar-refractivity contribution in [3.05, 3.63) is 59.0 Å². The molecule has 0 atom stereocenters. The fraction of sp³-hybridized carbons (Fsp3) is 0.273. The lowest BCUT2D eigenvalue weighted by atomic mass is 10.2. The third kappa shape index (κ3) is 4.29. The molecule has 2 saturated heterocycles. The summed E-state index contributed by atoms with van der Waals surface area (Å²) in [6.07, 6.45) is 1.65. The largest absolute Gasteiger partial charge is 0.504 e. The molecule has 2 aromatic rings. The number of imide groups is 1. The maximum absolute atomic E-state index is 12.8. The summed E-state index contributed by atoms with van der Waals surface area (Å²) in [5, 5.41) is 9.45. The molecule has 7 nitrogen and oxygen atoms in total. The van der Waals surface area contributed by atoms with Gasteiger partial charge in [0, 0.05) is 31.9 Å². The van der Waals surface area contributed by atoms with Crippen LogP contribution < -0.4 is 9.64 Å². The predicted octanol–water partition coefficient (Wildman–Crippen LogP) is 3.22. The van der Waals surface area contributed by atoms with E-state index in [2.05, 4.69) is 21.9 Å². The van der Waals surface area contributed by atoms with Crippen molar-refractivity contribution in [3.63, 3.8) is 0 Å². The molecule has 2 amide bonds. The minimum absolute atomic E-state index is 0.0254. The molecule has 156 valence electrons. The summed E-state index contributed by atoms with van der Waals surface area (Å²) in [6, 6.07) is 15.0. The number of hydrogen-bond donors (Lipinski definition) is 1. The third-order valence-corrected chi connectivity index (χ3v) is 6.12. The van der Waals surface area contributed by atoms with Crippen molar-refractivity contribution in [2.75, 3.05) is 44.9 Å². The molecule has 0 spiro atoms. The maximum atomic E-state index is 12.8. The van der Waals surface area contributed by atoms with Crippen molar-refractivity contribution in [2.45, 2.75) is 0 Å². The van der Waals surface area contributed by atoms with Crippen molar-refractivity contribution >= 4 is 34.7 Å². The second-order valence-electron chi connectivity index (χ2n) is 7.12. The highest BCUT2D eigenvalue weighted by molar-refractivity contribution is 8.18. The van der Waals surface area contributed by atoms with Crippen LogP contribution >= 0.6 is 11.8 Å². The molecule has 0 aliphatic carbocycles. The number of rotatable bonds is 5. The third-order valence-electron chi connectivity index (χ3n) is 5.21. The first kappa shape index (κ1) is 20.3. The van der Waals surface area contributed by atoms with E-state index in [0.29, 0.717) is 22.9 Å². The fourth-order valence-corrected chi connectivity index (χ4v) is 4.38. The van der Waals surface area contributed by atoms with Gasteiger partial charge in [-0.3, -0.25) is 19.4 Å². The number of para-hydroxylation sites is 1. The molecule has 0 unspecified atom stereocenters. The van der Waals surface area contributed by atoms with Crippen LogP contribution in [0.3, 0.4) is 0 Å². The number of anilines is 1. The average Bonchev–Trinajstić information content (AvgIpc) is 3.03. The lowest BCUT2D eigenvalue weighted by Gasteiger charge is -2.37. The normalized spacial score (nSPS) is 19.0. The van der Waals surface area contributed by atoms with Crippen LogP contribution in [0.5, 0.6) is 11.5 Å². The Bertz CT molecular complexity index is 972. The summed E-state index contributed by atoms with van der Waals surface area (Å²) < 4.78 is 5.10. The number of carbonyl (C=O) groups excluding carboxylic acids is 2. The molecule has 1 N–H and O–H groups in total. The Kier molecular flexibility index (Phi) is 5.96. The number of thioether (sulfide) groups is 1. The molecule has 2 heterocycles. The number of piperazine rings is 1. The SMILES string of the molecule is COc1cc(/C=C2/SC(=O)N(CN3CCN(c4ccccc4)CC3)C2=O)ccc1O. The fourth-order valence-electron chi connectivity index (χ4n) is 3.54. The summed E-state index contributed by atoms with van der Waals surface area (Å²) in [5.41, 5.74) is 1.88. The van der Waals surface area contributed by atoms with E-state index in [1.807, 2.05) is 18.2 Å². The molecule has 2 aliphatic heterocycles. The number of benzene rings is 2.